The van der Waals surface area contributed by atoms with E-state index in [2.05, 4.69) is 16.0 Å². The molecule has 66 valence electrons. The number of fused-ring (bicyclic) bond motifs is 1. The number of likely N-dealkylation sites (N-methyl/N-ethyl adjacent to an activating group) is 1. The molecule has 6 heteroatoms. The van der Waals surface area contributed by atoms with Crippen molar-refractivity contribution >= 4 is 12.1 Å². The molecule has 2 fully saturated rings. The Balaban J connectivity index is 2.16. The van der Waals surface area contributed by atoms with Gasteiger partial charge in [0.05, 0.1) is 0 Å². The number of amides is 4. The van der Waals surface area contributed by atoms with E-state index >= 15 is 0 Å². The minimum absolute atomic E-state index is 0.139. The molecule has 0 spiro atoms. The molecule has 6 nitrogen and oxygen atoms in total. The highest BCUT2D eigenvalue weighted by molar-refractivity contribution is 5.84. The summed E-state index contributed by atoms with van der Waals surface area (Å²) in [6.07, 6.45) is -0.500. The molecule has 2 rings (SSSR count). The van der Waals surface area contributed by atoms with Crippen molar-refractivity contribution in [2.75, 3.05) is 6.54 Å². The molecule has 0 aromatic rings. The number of urea groups is 2. The van der Waals surface area contributed by atoms with Gasteiger partial charge in [-0.2, -0.15) is 0 Å². The Kier molecular flexibility index (Phi) is 1.36. The fraction of sp³-hybridized carbons (Fsp3) is 0.667. The van der Waals surface area contributed by atoms with Crippen LogP contribution in [0.2, 0.25) is 0 Å². The molecule has 12 heavy (non-hydrogen) atoms. The van der Waals surface area contributed by atoms with Crippen LogP contribution in [0.1, 0.15) is 6.92 Å². The number of nitrogens with one attached hydrogen (secondary N) is 3. The fourth-order valence-electron chi connectivity index (χ4n) is 1.53. The third-order valence-corrected chi connectivity index (χ3v) is 2.10. The van der Waals surface area contributed by atoms with Crippen LogP contribution in [0.25, 0.3) is 0 Å². The van der Waals surface area contributed by atoms with Crippen LogP contribution in [0.15, 0.2) is 0 Å². The van der Waals surface area contributed by atoms with E-state index in [1.165, 1.54) is 0 Å². The van der Waals surface area contributed by atoms with E-state index in [0.29, 0.717) is 6.54 Å². The molecule has 2 saturated heterocycles. The molecule has 0 aromatic carbocycles. The first kappa shape index (κ1) is 7.20. The molecule has 2 atom stereocenters. The highest BCUT2D eigenvalue weighted by Crippen LogP contribution is 2.12. The number of nitrogens with zero attached hydrogens (tertiary/aromatic N) is 1. The van der Waals surface area contributed by atoms with E-state index in [-0.39, 0.29) is 24.4 Å². The summed E-state index contributed by atoms with van der Waals surface area (Å²) in [6.45, 7) is 2.46. The molecular weight excluding hydrogens is 160 g/mol. The Labute approximate surface area is 69.3 Å². The molecule has 2 aliphatic rings. The number of hydrogen-bond acceptors (Lipinski definition) is 2. The van der Waals surface area contributed by atoms with E-state index in [1.54, 1.807) is 4.90 Å². The van der Waals surface area contributed by atoms with Gasteiger partial charge in [-0.15, -0.1) is 0 Å². The van der Waals surface area contributed by atoms with Gasteiger partial charge in [-0.05, 0) is 6.92 Å². The first-order valence-corrected chi connectivity index (χ1v) is 3.86. The third-order valence-electron chi connectivity index (χ3n) is 2.10. The van der Waals surface area contributed by atoms with Gasteiger partial charge in [0.25, 0.3) is 0 Å². The largest absolute Gasteiger partial charge is 0.320 e. The van der Waals surface area contributed by atoms with Crippen LogP contribution in [0.4, 0.5) is 9.59 Å². The average Bonchev–Trinajstić information content (AvgIpc) is 2.43. The van der Waals surface area contributed by atoms with Crippen molar-refractivity contribution in [3.05, 3.63) is 0 Å². The van der Waals surface area contributed by atoms with Crippen LogP contribution in [0, 0.1) is 0 Å². The lowest BCUT2D eigenvalue weighted by Gasteiger charge is -2.18. The average molecular weight is 170 g/mol. The summed E-state index contributed by atoms with van der Waals surface area (Å²) in [5.41, 5.74) is 0. The first-order chi connectivity index (χ1) is 5.72. The zero-order valence-electron chi connectivity index (χ0n) is 6.63. The predicted molar refractivity (Wildman–Crippen MR) is 40.2 cm³/mol. The molecule has 0 bridgehead atoms. The Morgan fingerprint density at radius 2 is 2.08 bits per heavy atom. The summed E-state index contributed by atoms with van der Waals surface area (Å²) >= 11 is 0. The normalized spacial score (nSPS) is 32.6. The summed E-state index contributed by atoms with van der Waals surface area (Å²) in [6, 6.07) is -0.372. The van der Waals surface area contributed by atoms with Gasteiger partial charge in [0.1, 0.15) is 12.3 Å². The zero-order valence-corrected chi connectivity index (χ0v) is 6.63. The van der Waals surface area contributed by atoms with Crippen LogP contribution in [0.5, 0.6) is 0 Å². The maximum Gasteiger partial charge on any atom is 0.320 e. The smallest absolute Gasteiger partial charge is 0.314 e. The molecule has 2 heterocycles. The van der Waals surface area contributed by atoms with Gasteiger partial charge in [-0.25, -0.2) is 9.59 Å². The Hall–Kier alpha value is -1.46. The van der Waals surface area contributed by atoms with Gasteiger partial charge < -0.3 is 20.9 Å². The lowest BCUT2D eigenvalue weighted by atomic mass is 10.4. The van der Waals surface area contributed by atoms with Crippen LogP contribution in [-0.2, 0) is 0 Å². The number of hydrogen-bond donors (Lipinski definition) is 3. The lowest BCUT2D eigenvalue weighted by molar-refractivity contribution is 0.200. The van der Waals surface area contributed by atoms with E-state index in [1.807, 2.05) is 6.92 Å². The summed E-state index contributed by atoms with van der Waals surface area (Å²) in [5, 5.41) is 7.87. The van der Waals surface area contributed by atoms with E-state index < -0.39 is 0 Å². The van der Waals surface area contributed by atoms with E-state index in [4.69, 9.17) is 0 Å². The summed E-state index contributed by atoms with van der Waals surface area (Å²) in [7, 11) is 0. The van der Waals surface area contributed by atoms with Crippen molar-refractivity contribution in [2.45, 2.75) is 19.3 Å². The van der Waals surface area contributed by atoms with Crippen LogP contribution >= 0.6 is 0 Å². The second-order valence-corrected chi connectivity index (χ2v) is 2.78. The highest BCUT2D eigenvalue weighted by atomic mass is 16.2. The summed E-state index contributed by atoms with van der Waals surface area (Å²) in [4.78, 5) is 23.5. The van der Waals surface area contributed by atoms with Crippen molar-refractivity contribution in [2.24, 2.45) is 0 Å². The second-order valence-electron chi connectivity index (χ2n) is 2.78. The Bertz CT molecular complexity index is 242. The molecular formula is C6H10N4O2. The topological polar surface area (TPSA) is 73.5 Å². The van der Waals surface area contributed by atoms with Crippen molar-refractivity contribution < 1.29 is 9.59 Å². The van der Waals surface area contributed by atoms with Crippen molar-refractivity contribution in [3.8, 4) is 0 Å². The maximum atomic E-state index is 11.1. The predicted octanol–water partition coefficient (Wildman–Crippen LogP) is -1.00. The lowest BCUT2D eigenvalue weighted by Crippen LogP contribution is -2.43. The molecule has 0 unspecified atom stereocenters. The molecule has 2 aliphatic heterocycles. The van der Waals surface area contributed by atoms with Gasteiger partial charge in [0.15, 0.2) is 0 Å². The van der Waals surface area contributed by atoms with Crippen LogP contribution in [-0.4, -0.2) is 35.8 Å². The maximum absolute atomic E-state index is 11.1. The van der Waals surface area contributed by atoms with Crippen molar-refractivity contribution in [1.82, 2.24) is 20.9 Å². The van der Waals surface area contributed by atoms with Crippen LogP contribution < -0.4 is 16.0 Å². The standard InChI is InChI=1S/C6H10N4O2/c1-2-10-4-3(8-6(10)12)7-5(11)9-4/h3-4H,2H2,1H3,(H,8,12)(H2,7,9,11)/t3-,4+/m1/s1. The Morgan fingerprint density at radius 1 is 1.33 bits per heavy atom. The van der Waals surface area contributed by atoms with Gasteiger partial charge >= 0.3 is 12.1 Å². The molecule has 0 saturated carbocycles. The van der Waals surface area contributed by atoms with E-state index in [0.717, 1.165) is 0 Å². The number of carbonyl (C=O) groups is 2. The Morgan fingerprint density at radius 3 is 2.75 bits per heavy atom. The number of rotatable bonds is 1. The second kappa shape index (κ2) is 2.26. The van der Waals surface area contributed by atoms with E-state index in [9.17, 15) is 9.59 Å². The van der Waals surface area contributed by atoms with Crippen molar-refractivity contribution in [3.63, 3.8) is 0 Å². The van der Waals surface area contributed by atoms with Crippen molar-refractivity contribution in [1.29, 1.82) is 0 Å². The molecule has 3 N–H and O–H groups in total. The zero-order chi connectivity index (χ0) is 8.72. The molecule has 4 amide bonds. The van der Waals surface area contributed by atoms with Gasteiger partial charge in [0, 0.05) is 6.54 Å². The minimum atomic E-state index is -0.273. The van der Waals surface area contributed by atoms with Gasteiger partial charge in [-0.1, -0.05) is 0 Å². The summed E-state index contributed by atoms with van der Waals surface area (Å²) < 4.78 is 0. The highest BCUT2D eigenvalue weighted by Gasteiger charge is 2.44. The molecule has 0 radical (unpaired) electrons. The molecule has 0 aliphatic carbocycles. The monoisotopic (exact) mass is 170 g/mol. The summed E-state index contributed by atoms with van der Waals surface area (Å²) in [5.74, 6) is 0. The fourth-order valence-corrected chi connectivity index (χ4v) is 1.53. The first-order valence-electron chi connectivity index (χ1n) is 3.86. The van der Waals surface area contributed by atoms with Crippen LogP contribution in [0.3, 0.4) is 0 Å². The minimum Gasteiger partial charge on any atom is -0.314 e. The van der Waals surface area contributed by atoms with Gasteiger partial charge in [-0.3, -0.25) is 0 Å². The van der Waals surface area contributed by atoms with Gasteiger partial charge in [0.2, 0.25) is 0 Å². The quantitative estimate of drug-likeness (QED) is 0.472. The SMILES string of the molecule is CCN1C(=O)N[C@H]2NC(=O)N[C@H]21. The molecule has 0 aromatic heterocycles. The third kappa shape index (κ3) is 0.806. The number of carbonyl (C=O) groups excluding carboxylic acids is 2.